The lowest BCUT2D eigenvalue weighted by Gasteiger charge is -2.36. The molecule has 3 heterocycles. The molecule has 200 valence electrons. The molecular weight excluding hydrogens is 526 g/mol. The van der Waals surface area contributed by atoms with Gasteiger partial charge in [0.1, 0.15) is 40.0 Å². The van der Waals surface area contributed by atoms with Crippen LogP contribution in [0.2, 0.25) is 0 Å². The van der Waals surface area contributed by atoms with Gasteiger partial charge in [-0.1, -0.05) is 18.2 Å². The van der Waals surface area contributed by atoms with E-state index in [1.165, 1.54) is 42.5 Å². The van der Waals surface area contributed by atoms with Crippen LogP contribution in [0.25, 0.3) is 22.6 Å². The summed E-state index contributed by atoms with van der Waals surface area (Å²) in [6.07, 6.45) is 0. The minimum absolute atomic E-state index is 0.0371. The molecule has 3 N–H and O–H groups in total. The van der Waals surface area contributed by atoms with Crippen LogP contribution in [0.4, 0.5) is 0 Å². The number of aromatic nitrogens is 1. The molecule has 0 amide bonds. The number of esters is 1. The van der Waals surface area contributed by atoms with Crippen LogP contribution in [0.3, 0.4) is 0 Å². The summed E-state index contributed by atoms with van der Waals surface area (Å²) in [6, 6.07) is 25.7. The van der Waals surface area contributed by atoms with E-state index in [-0.39, 0.29) is 22.7 Å². The van der Waals surface area contributed by atoms with Crippen molar-refractivity contribution in [1.82, 2.24) is 4.98 Å². The van der Waals surface area contributed by atoms with E-state index in [0.29, 0.717) is 56.3 Å². The molecule has 0 saturated carbocycles. The van der Waals surface area contributed by atoms with Crippen molar-refractivity contribution in [3.8, 4) is 40.2 Å². The smallest absolute Gasteiger partial charge is 0.340 e. The Morgan fingerprint density at radius 3 is 2.05 bits per heavy atom. The maximum atomic E-state index is 12.5. The molecule has 3 aliphatic heterocycles. The Bertz CT molecular complexity index is 2000. The lowest BCUT2D eigenvalue weighted by atomic mass is 9.77. The van der Waals surface area contributed by atoms with Gasteiger partial charge in [0.2, 0.25) is 0 Å². The molecule has 4 aromatic rings. The van der Waals surface area contributed by atoms with Crippen molar-refractivity contribution >= 4 is 17.1 Å². The van der Waals surface area contributed by atoms with Crippen LogP contribution >= 0.6 is 0 Å². The molecule has 9 nitrogen and oxygen atoms in total. The highest BCUT2D eigenvalue weighted by Crippen LogP contribution is 2.56. The van der Waals surface area contributed by atoms with Gasteiger partial charge in [0, 0.05) is 41.0 Å². The second kappa shape index (κ2) is 8.85. The van der Waals surface area contributed by atoms with Gasteiger partial charge in [0.25, 0.3) is 0 Å². The highest BCUT2D eigenvalue weighted by atomic mass is 16.6. The van der Waals surface area contributed by atoms with E-state index in [9.17, 15) is 24.9 Å². The molecule has 1 spiro atoms. The van der Waals surface area contributed by atoms with E-state index < -0.39 is 11.6 Å². The third-order valence-corrected chi connectivity index (χ3v) is 7.02. The summed E-state index contributed by atoms with van der Waals surface area (Å²) in [6.45, 7) is 0. The van der Waals surface area contributed by atoms with E-state index >= 15 is 0 Å². The summed E-state index contributed by atoms with van der Waals surface area (Å²) in [5, 5.41) is 29.0. The first-order chi connectivity index (χ1) is 19.8. The summed E-state index contributed by atoms with van der Waals surface area (Å²) < 4.78 is 17.3. The minimum Gasteiger partial charge on any atom is -0.508 e. The average molecular weight is 546 g/mol. The third kappa shape index (κ3) is 3.82. The number of rotatable bonds is 0. The van der Waals surface area contributed by atoms with E-state index in [2.05, 4.69) is 4.98 Å². The minimum atomic E-state index is -1.17. The van der Waals surface area contributed by atoms with Crippen molar-refractivity contribution in [3.63, 3.8) is 0 Å². The topological polar surface area (TPSA) is 139 Å². The fraction of sp³-hybridized carbons (Fsp3) is 0.0312. The molecule has 0 bridgehead atoms. The predicted molar refractivity (Wildman–Crippen MR) is 147 cm³/mol. The number of fused-ring (bicyclic) bond motifs is 8. The molecule has 0 unspecified atom stereocenters. The zero-order chi connectivity index (χ0) is 28.3. The number of hydrogen-bond donors (Lipinski definition) is 3. The summed E-state index contributed by atoms with van der Waals surface area (Å²) in [5.74, 6) is 0.937. The predicted octanol–water partition coefficient (Wildman–Crippen LogP) is 5.66. The first-order valence-corrected chi connectivity index (χ1v) is 12.5. The Balaban J connectivity index is 0.000000149. The van der Waals surface area contributed by atoms with Crippen LogP contribution in [0.5, 0.6) is 28.7 Å². The van der Waals surface area contributed by atoms with Crippen LogP contribution < -0.4 is 10.2 Å². The van der Waals surface area contributed by atoms with Gasteiger partial charge in [0.05, 0.1) is 5.56 Å². The second-order valence-corrected chi connectivity index (χ2v) is 9.57. The van der Waals surface area contributed by atoms with Crippen molar-refractivity contribution in [3.05, 3.63) is 130 Å². The first-order valence-electron chi connectivity index (χ1n) is 12.5. The van der Waals surface area contributed by atoms with Gasteiger partial charge in [-0.15, -0.1) is 0 Å². The number of carbonyl (C=O) groups is 1. The van der Waals surface area contributed by atoms with Crippen molar-refractivity contribution in [2.24, 2.45) is 0 Å². The van der Waals surface area contributed by atoms with Gasteiger partial charge in [-0.05, 0) is 54.6 Å². The van der Waals surface area contributed by atoms with Crippen molar-refractivity contribution in [2.45, 2.75) is 5.60 Å². The molecule has 0 atom stereocenters. The first kappa shape index (κ1) is 24.2. The number of nitrogens with zero attached hydrogens (tertiary/aromatic N) is 1. The Morgan fingerprint density at radius 2 is 1.32 bits per heavy atom. The molecule has 8 rings (SSSR count). The zero-order valence-electron chi connectivity index (χ0n) is 21.1. The fourth-order valence-corrected chi connectivity index (χ4v) is 5.25. The van der Waals surface area contributed by atoms with Crippen LogP contribution in [0.15, 0.2) is 106 Å². The number of phenols is 3. The van der Waals surface area contributed by atoms with Gasteiger partial charge in [0.15, 0.2) is 22.4 Å². The maximum absolute atomic E-state index is 12.5. The van der Waals surface area contributed by atoms with E-state index in [0.717, 1.165) is 0 Å². The fourth-order valence-electron chi connectivity index (χ4n) is 5.25. The molecular formula is C32H19NO8. The number of aromatic hydroxyl groups is 3. The van der Waals surface area contributed by atoms with E-state index in [1.807, 2.05) is 12.1 Å². The molecule has 41 heavy (non-hydrogen) atoms. The lowest BCUT2D eigenvalue weighted by Crippen LogP contribution is -2.32. The van der Waals surface area contributed by atoms with Crippen LogP contribution in [0, 0.1) is 0 Å². The summed E-state index contributed by atoms with van der Waals surface area (Å²) in [4.78, 5) is 28.0. The Labute approximate surface area is 231 Å². The maximum Gasteiger partial charge on any atom is 0.340 e. The van der Waals surface area contributed by atoms with E-state index in [1.54, 1.807) is 42.5 Å². The number of hydrogen-bond acceptors (Lipinski definition) is 9. The quantitative estimate of drug-likeness (QED) is 0.163. The summed E-state index contributed by atoms with van der Waals surface area (Å²) >= 11 is 0. The highest BCUT2D eigenvalue weighted by molar-refractivity contribution is 5.97. The SMILES string of the molecule is O=C1OC2(c3ccc(O)cc3Oc3cc(O)ccc32)c2ccccc21.O=c1ccc2nc3ccc(O)cc3oc-2c1. The number of benzene rings is 5. The van der Waals surface area contributed by atoms with E-state index in [4.69, 9.17) is 13.9 Å². The largest absolute Gasteiger partial charge is 0.508 e. The molecule has 4 aliphatic rings. The van der Waals surface area contributed by atoms with Gasteiger partial charge < -0.3 is 29.2 Å². The molecule has 0 saturated heterocycles. The molecule has 1 aliphatic carbocycles. The monoisotopic (exact) mass is 545 g/mol. The Hall–Kier alpha value is -5.83. The molecule has 0 fully saturated rings. The number of ether oxygens (including phenoxy) is 2. The van der Waals surface area contributed by atoms with Gasteiger partial charge in [-0.2, -0.15) is 0 Å². The standard InChI is InChI=1S/C20H12O5.C12H7NO3/c21-11-5-7-15-17(9-11)24-18-10-12(22)6-8-16(18)20(15)14-4-2-1-3-13(14)19(23)25-20;14-7-1-3-9-11(5-7)16-12-6-8(15)2-4-10(12)13-9/h1-10,21-22H;1-6,14H. The Morgan fingerprint density at radius 1 is 0.659 bits per heavy atom. The van der Waals surface area contributed by atoms with Crippen molar-refractivity contribution in [1.29, 1.82) is 0 Å². The number of carbonyl (C=O) groups excluding carboxylic acids is 1. The van der Waals surface area contributed by atoms with Gasteiger partial charge in [-0.3, -0.25) is 4.79 Å². The average Bonchev–Trinajstić information content (AvgIpc) is 3.24. The second-order valence-electron chi connectivity index (χ2n) is 9.57. The third-order valence-electron chi connectivity index (χ3n) is 7.02. The normalized spacial score (nSPS) is 13.9. The van der Waals surface area contributed by atoms with Crippen LogP contribution in [-0.2, 0) is 10.3 Å². The lowest BCUT2D eigenvalue weighted by molar-refractivity contribution is 0.0224. The molecule has 9 heteroatoms. The summed E-state index contributed by atoms with van der Waals surface area (Å²) in [5.41, 5.74) is 2.88. The van der Waals surface area contributed by atoms with Crippen molar-refractivity contribution < 1.29 is 34.0 Å². The molecule has 0 aromatic heterocycles. The summed E-state index contributed by atoms with van der Waals surface area (Å²) in [7, 11) is 0. The highest BCUT2D eigenvalue weighted by Gasteiger charge is 2.53. The zero-order valence-corrected chi connectivity index (χ0v) is 21.1. The van der Waals surface area contributed by atoms with Crippen molar-refractivity contribution in [2.75, 3.05) is 0 Å². The molecule has 4 aromatic carbocycles. The van der Waals surface area contributed by atoms with Crippen LogP contribution in [0.1, 0.15) is 27.0 Å². The van der Waals surface area contributed by atoms with Gasteiger partial charge in [-0.25, -0.2) is 9.78 Å². The van der Waals surface area contributed by atoms with Gasteiger partial charge >= 0.3 is 5.97 Å². The number of phenolic OH excluding ortho intramolecular Hbond substituents is 3. The molecule has 0 radical (unpaired) electrons. The van der Waals surface area contributed by atoms with Crippen LogP contribution in [-0.4, -0.2) is 26.3 Å². The Kier molecular flexibility index (Phi) is 5.23.